The van der Waals surface area contributed by atoms with Crippen molar-refractivity contribution in [1.82, 2.24) is 0 Å². The maximum absolute atomic E-state index is 3.78. The minimum Gasteiger partial charge on any atom is -0.204 e. The van der Waals surface area contributed by atoms with Crippen LogP contribution in [0.4, 0.5) is 0 Å². The number of allylic oxidation sites excluding steroid dienone is 2. The third-order valence-corrected chi connectivity index (χ3v) is 2.34. The number of rotatable bonds is 3. The molecule has 0 radical (unpaired) electrons. The molecule has 1 aromatic carbocycles. The molecule has 1 atom stereocenters. The largest absolute Gasteiger partial charge is 0.204 e. The Labute approximate surface area is 84.7 Å². The molecule has 0 fully saturated rings. The first-order chi connectivity index (χ1) is 6.88. The van der Waals surface area contributed by atoms with Gasteiger partial charge in [-0.25, -0.2) is 4.58 Å². The maximum Gasteiger partial charge on any atom is 0.173 e. The molecule has 1 heterocycles. The SMILES string of the molecule is C=CC1C=C[N+](Cc2ccccc2)=C1. The zero-order chi connectivity index (χ0) is 9.80. The summed E-state index contributed by atoms with van der Waals surface area (Å²) >= 11 is 0. The molecule has 1 aliphatic heterocycles. The molecular formula is C13H14N+. The molecule has 0 amide bonds. The molecule has 0 aliphatic carbocycles. The van der Waals surface area contributed by atoms with Gasteiger partial charge in [-0.2, -0.15) is 0 Å². The van der Waals surface area contributed by atoms with E-state index in [9.17, 15) is 0 Å². The smallest absolute Gasteiger partial charge is 0.173 e. The lowest BCUT2D eigenvalue weighted by molar-refractivity contribution is -0.467. The van der Waals surface area contributed by atoms with Crippen LogP contribution in [0.15, 0.2) is 55.3 Å². The van der Waals surface area contributed by atoms with Crippen molar-refractivity contribution >= 4 is 6.21 Å². The third kappa shape index (κ3) is 1.99. The van der Waals surface area contributed by atoms with Crippen LogP contribution in [0.3, 0.4) is 0 Å². The van der Waals surface area contributed by atoms with Crippen molar-refractivity contribution < 1.29 is 4.58 Å². The normalized spacial score (nSPS) is 19.4. The predicted molar refractivity (Wildman–Crippen MR) is 59.3 cm³/mol. The van der Waals surface area contributed by atoms with E-state index in [-0.39, 0.29) is 0 Å². The van der Waals surface area contributed by atoms with Gasteiger partial charge in [-0.3, -0.25) is 0 Å². The summed E-state index contributed by atoms with van der Waals surface area (Å²) in [5.41, 5.74) is 1.33. The Morgan fingerprint density at radius 2 is 2.07 bits per heavy atom. The number of benzene rings is 1. The summed E-state index contributed by atoms with van der Waals surface area (Å²) in [4.78, 5) is 0. The van der Waals surface area contributed by atoms with Crippen LogP contribution in [-0.4, -0.2) is 10.8 Å². The lowest BCUT2D eigenvalue weighted by Gasteiger charge is -1.95. The number of nitrogens with zero attached hydrogens (tertiary/aromatic N) is 1. The van der Waals surface area contributed by atoms with Gasteiger partial charge >= 0.3 is 0 Å². The van der Waals surface area contributed by atoms with Crippen molar-refractivity contribution in [2.75, 3.05) is 0 Å². The first-order valence-electron chi connectivity index (χ1n) is 4.84. The lowest BCUT2D eigenvalue weighted by Crippen LogP contribution is -2.04. The van der Waals surface area contributed by atoms with Crippen molar-refractivity contribution in [2.24, 2.45) is 5.92 Å². The number of hydrogen-bond donors (Lipinski definition) is 0. The fourth-order valence-electron chi connectivity index (χ4n) is 1.57. The van der Waals surface area contributed by atoms with Crippen LogP contribution in [0.5, 0.6) is 0 Å². The minimum atomic E-state index is 0.402. The van der Waals surface area contributed by atoms with Crippen molar-refractivity contribution in [1.29, 1.82) is 0 Å². The Bertz CT molecular complexity index is 373. The van der Waals surface area contributed by atoms with Gasteiger partial charge in [-0.1, -0.05) is 36.4 Å². The molecule has 0 saturated carbocycles. The molecule has 1 aliphatic rings. The van der Waals surface area contributed by atoms with Crippen LogP contribution >= 0.6 is 0 Å². The summed E-state index contributed by atoms with van der Waals surface area (Å²) in [5.74, 6) is 0.402. The Balaban J connectivity index is 2.07. The summed E-state index contributed by atoms with van der Waals surface area (Å²) in [5, 5.41) is 0. The van der Waals surface area contributed by atoms with Crippen LogP contribution in [0.2, 0.25) is 0 Å². The second-order valence-corrected chi connectivity index (χ2v) is 3.46. The Morgan fingerprint density at radius 1 is 1.29 bits per heavy atom. The van der Waals surface area contributed by atoms with E-state index in [0.717, 1.165) is 6.54 Å². The van der Waals surface area contributed by atoms with E-state index in [1.54, 1.807) is 0 Å². The van der Waals surface area contributed by atoms with Crippen LogP contribution in [0, 0.1) is 5.92 Å². The molecule has 0 spiro atoms. The molecule has 1 heteroatoms. The fourth-order valence-corrected chi connectivity index (χ4v) is 1.57. The molecular weight excluding hydrogens is 170 g/mol. The highest BCUT2D eigenvalue weighted by Gasteiger charge is 2.12. The zero-order valence-electron chi connectivity index (χ0n) is 8.13. The summed E-state index contributed by atoms with van der Waals surface area (Å²) < 4.78 is 2.20. The Kier molecular flexibility index (Phi) is 2.59. The molecule has 14 heavy (non-hydrogen) atoms. The lowest BCUT2D eigenvalue weighted by atomic mass is 10.2. The molecule has 0 aromatic heterocycles. The van der Waals surface area contributed by atoms with Gasteiger partial charge in [0.25, 0.3) is 0 Å². The van der Waals surface area contributed by atoms with E-state index in [0.29, 0.717) is 5.92 Å². The highest BCUT2D eigenvalue weighted by Crippen LogP contribution is 2.08. The second kappa shape index (κ2) is 4.05. The average Bonchev–Trinajstić information content (AvgIpc) is 2.67. The standard InChI is InChI=1S/C13H14N/c1-2-12-8-9-14(10-12)11-13-6-4-3-5-7-13/h2-10,12H,1,11H2/q+1. The van der Waals surface area contributed by atoms with Crippen LogP contribution in [0.25, 0.3) is 0 Å². The van der Waals surface area contributed by atoms with E-state index >= 15 is 0 Å². The summed E-state index contributed by atoms with van der Waals surface area (Å²) in [7, 11) is 0. The van der Waals surface area contributed by atoms with Crippen molar-refractivity contribution in [3.05, 3.63) is 60.8 Å². The summed E-state index contributed by atoms with van der Waals surface area (Å²) in [6.45, 7) is 4.72. The van der Waals surface area contributed by atoms with Gasteiger partial charge in [0.2, 0.25) is 0 Å². The van der Waals surface area contributed by atoms with Gasteiger partial charge in [0.1, 0.15) is 0 Å². The van der Waals surface area contributed by atoms with E-state index in [1.807, 2.05) is 12.1 Å². The van der Waals surface area contributed by atoms with E-state index in [4.69, 9.17) is 0 Å². The van der Waals surface area contributed by atoms with Crippen molar-refractivity contribution in [3.8, 4) is 0 Å². The molecule has 2 rings (SSSR count). The van der Waals surface area contributed by atoms with E-state index in [2.05, 4.69) is 53.9 Å². The van der Waals surface area contributed by atoms with Crippen molar-refractivity contribution in [3.63, 3.8) is 0 Å². The highest BCUT2D eigenvalue weighted by atomic mass is 15.0. The van der Waals surface area contributed by atoms with Crippen LogP contribution in [-0.2, 0) is 6.54 Å². The Hall–Kier alpha value is -1.63. The highest BCUT2D eigenvalue weighted by molar-refractivity contribution is 5.62. The maximum atomic E-state index is 3.78. The zero-order valence-corrected chi connectivity index (χ0v) is 8.13. The molecule has 70 valence electrons. The topological polar surface area (TPSA) is 3.01 Å². The van der Waals surface area contributed by atoms with Crippen LogP contribution in [0.1, 0.15) is 5.56 Å². The monoisotopic (exact) mass is 184 g/mol. The van der Waals surface area contributed by atoms with Crippen LogP contribution < -0.4 is 0 Å². The molecule has 0 saturated heterocycles. The quantitative estimate of drug-likeness (QED) is 0.502. The van der Waals surface area contributed by atoms with Crippen molar-refractivity contribution in [2.45, 2.75) is 6.54 Å². The Morgan fingerprint density at radius 3 is 2.71 bits per heavy atom. The summed E-state index contributed by atoms with van der Waals surface area (Å²) in [6, 6.07) is 10.5. The van der Waals surface area contributed by atoms with Gasteiger partial charge in [-0.15, -0.1) is 6.58 Å². The molecule has 0 N–H and O–H groups in total. The van der Waals surface area contributed by atoms with Gasteiger partial charge in [0.15, 0.2) is 19.0 Å². The molecule has 1 nitrogen and oxygen atoms in total. The summed E-state index contributed by atoms with van der Waals surface area (Å²) in [6.07, 6.45) is 8.39. The van der Waals surface area contributed by atoms with Gasteiger partial charge < -0.3 is 0 Å². The van der Waals surface area contributed by atoms with E-state index < -0.39 is 0 Å². The van der Waals surface area contributed by atoms with Gasteiger partial charge in [-0.05, 0) is 6.08 Å². The average molecular weight is 184 g/mol. The number of hydrogen-bond acceptors (Lipinski definition) is 0. The van der Waals surface area contributed by atoms with E-state index in [1.165, 1.54) is 5.56 Å². The fraction of sp³-hybridized carbons (Fsp3) is 0.154. The minimum absolute atomic E-state index is 0.402. The van der Waals surface area contributed by atoms with Gasteiger partial charge in [0, 0.05) is 5.56 Å². The third-order valence-electron chi connectivity index (χ3n) is 2.34. The predicted octanol–water partition coefficient (Wildman–Crippen LogP) is 2.60. The molecule has 0 bridgehead atoms. The second-order valence-electron chi connectivity index (χ2n) is 3.46. The van der Waals surface area contributed by atoms with Gasteiger partial charge in [0.05, 0.1) is 5.92 Å². The first kappa shape index (κ1) is 8.95. The first-order valence-corrected chi connectivity index (χ1v) is 4.84. The molecule has 1 aromatic rings. The molecule has 1 unspecified atom stereocenters.